The number of carbonyl (C=O) groups is 1. The van der Waals surface area contributed by atoms with Crippen LogP contribution in [0.15, 0.2) is 0 Å². The number of hydrogen-bond acceptors (Lipinski definition) is 2. The molecule has 3 heteroatoms. The largest absolute Gasteiger partial charge is 0.480 e. The van der Waals surface area contributed by atoms with Crippen LogP contribution in [0.25, 0.3) is 0 Å². The van der Waals surface area contributed by atoms with Crippen molar-refractivity contribution in [1.82, 2.24) is 4.90 Å². The number of aliphatic carboxylic acids is 1. The maximum Gasteiger partial charge on any atom is 0.321 e. The Labute approximate surface area is 68.0 Å². The van der Waals surface area contributed by atoms with E-state index in [1.165, 1.54) is 0 Å². The fourth-order valence-corrected chi connectivity index (χ4v) is 1.18. The molecule has 0 aliphatic heterocycles. The van der Waals surface area contributed by atoms with Gasteiger partial charge in [0.25, 0.3) is 0 Å². The van der Waals surface area contributed by atoms with Crippen molar-refractivity contribution in [2.45, 2.75) is 26.8 Å². The third-order valence-electron chi connectivity index (χ3n) is 1.86. The molecule has 0 unspecified atom stereocenters. The molecular formula is C8H17NO2. The predicted octanol–water partition coefficient (Wildman–Crippen LogP) is 1.05. The highest BCUT2D eigenvalue weighted by atomic mass is 16.4. The van der Waals surface area contributed by atoms with Crippen molar-refractivity contribution < 1.29 is 9.90 Å². The molecule has 0 saturated heterocycles. The standard InChI is InChI=1S/C8H17NO2/c1-5-9(4)7(6(2)3)8(10)11/h6-7H,5H2,1-4H3,(H,10,11)/t7-/m0/s1. The van der Waals surface area contributed by atoms with E-state index in [1.54, 1.807) is 0 Å². The molecule has 0 aliphatic rings. The molecule has 0 spiro atoms. The quantitative estimate of drug-likeness (QED) is 0.666. The number of carboxylic acids is 1. The van der Waals surface area contributed by atoms with E-state index < -0.39 is 5.97 Å². The molecule has 11 heavy (non-hydrogen) atoms. The SMILES string of the molecule is CCN(C)[C@H](C(=O)O)C(C)C. The summed E-state index contributed by atoms with van der Waals surface area (Å²) in [4.78, 5) is 12.5. The summed E-state index contributed by atoms with van der Waals surface area (Å²) in [7, 11) is 1.83. The second kappa shape index (κ2) is 4.34. The van der Waals surface area contributed by atoms with E-state index in [1.807, 2.05) is 32.7 Å². The third-order valence-corrected chi connectivity index (χ3v) is 1.86. The van der Waals surface area contributed by atoms with Gasteiger partial charge in [0, 0.05) is 0 Å². The third kappa shape index (κ3) is 2.89. The molecule has 1 atom stereocenters. The van der Waals surface area contributed by atoms with Crippen LogP contribution in [0.3, 0.4) is 0 Å². The van der Waals surface area contributed by atoms with Crippen LogP contribution in [0.2, 0.25) is 0 Å². The van der Waals surface area contributed by atoms with Gasteiger partial charge in [-0.15, -0.1) is 0 Å². The molecule has 0 heterocycles. The summed E-state index contributed by atoms with van der Waals surface area (Å²) in [5.41, 5.74) is 0. The van der Waals surface area contributed by atoms with Crippen LogP contribution in [-0.2, 0) is 4.79 Å². The molecule has 0 bridgehead atoms. The molecule has 0 aromatic carbocycles. The Balaban J connectivity index is 4.21. The van der Waals surface area contributed by atoms with Gasteiger partial charge in [-0.1, -0.05) is 20.8 Å². The van der Waals surface area contributed by atoms with Crippen molar-refractivity contribution in [3.63, 3.8) is 0 Å². The minimum absolute atomic E-state index is 0.164. The highest BCUT2D eigenvalue weighted by Crippen LogP contribution is 2.08. The van der Waals surface area contributed by atoms with Crippen molar-refractivity contribution >= 4 is 5.97 Å². The second-order valence-electron chi connectivity index (χ2n) is 3.10. The topological polar surface area (TPSA) is 40.5 Å². The van der Waals surface area contributed by atoms with Crippen molar-refractivity contribution in [1.29, 1.82) is 0 Å². The summed E-state index contributed by atoms with van der Waals surface area (Å²) in [5.74, 6) is -0.568. The van der Waals surface area contributed by atoms with E-state index >= 15 is 0 Å². The zero-order valence-corrected chi connectivity index (χ0v) is 7.66. The fourth-order valence-electron chi connectivity index (χ4n) is 1.18. The van der Waals surface area contributed by atoms with Gasteiger partial charge in [0.2, 0.25) is 0 Å². The van der Waals surface area contributed by atoms with E-state index in [0.29, 0.717) is 0 Å². The smallest absolute Gasteiger partial charge is 0.321 e. The monoisotopic (exact) mass is 159 g/mol. The van der Waals surface area contributed by atoms with E-state index in [4.69, 9.17) is 5.11 Å². The lowest BCUT2D eigenvalue weighted by Crippen LogP contribution is -2.42. The first-order chi connectivity index (χ1) is 5.00. The van der Waals surface area contributed by atoms with Crippen molar-refractivity contribution in [2.24, 2.45) is 5.92 Å². The molecule has 0 fully saturated rings. The molecule has 0 aromatic rings. The number of nitrogens with zero attached hydrogens (tertiary/aromatic N) is 1. The lowest BCUT2D eigenvalue weighted by molar-refractivity contribution is -0.144. The minimum Gasteiger partial charge on any atom is -0.480 e. The van der Waals surface area contributed by atoms with E-state index in [2.05, 4.69) is 0 Å². The number of hydrogen-bond donors (Lipinski definition) is 1. The van der Waals surface area contributed by atoms with Crippen molar-refractivity contribution in [2.75, 3.05) is 13.6 Å². The van der Waals surface area contributed by atoms with E-state index in [-0.39, 0.29) is 12.0 Å². The van der Waals surface area contributed by atoms with Gasteiger partial charge >= 0.3 is 5.97 Å². The molecule has 66 valence electrons. The van der Waals surface area contributed by atoms with Gasteiger partial charge < -0.3 is 5.11 Å². The van der Waals surface area contributed by atoms with Crippen LogP contribution in [0.1, 0.15) is 20.8 Å². The molecule has 1 N–H and O–H groups in total. The van der Waals surface area contributed by atoms with Gasteiger partial charge in [0.05, 0.1) is 0 Å². The Hall–Kier alpha value is -0.570. The summed E-state index contributed by atoms with van der Waals surface area (Å²) in [6.07, 6.45) is 0. The summed E-state index contributed by atoms with van der Waals surface area (Å²) in [6, 6.07) is -0.347. The Morgan fingerprint density at radius 2 is 2.00 bits per heavy atom. The molecule has 0 rings (SSSR count). The predicted molar refractivity (Wildman–Crippen MR) is 44.6 cm³/mol. The fraction of sp³-hybridized carbons (Fsp3) is 0.875. The number of carboxylic acid groups (broad SMARTS) is 1. The summed E-state index contributed by atoms with van der Waals surface area (Å²) in [6.45, 7) is 6.57. The molecule has 3 nitrogen and oxygen atoms in total. The first-order valence-corrected chi connectivity index (χ1v) is 3.93. The number of likely N-dealkylation sites (N-methyl/N-ethyl adjacent to an activating group) is 1. The average molecular weight is 159 g/mol. The Morgan fingerprint density at radius 3 is 2.09 bits per heavy atom. The first kappa shape index (κ1) is 10.4. The highest BCUT2D eigenvalue weighted by molar-refractivity contribution is 5.73. The molecule has 0 aromatic heterocycles. The Morgan fingerprint density at radius 1 is 1.55 bits per heavy atom. The van der Waals surface area contributed by atoms with Gasteiger partial charge in [-0.3, -0.25) is 9.69 Å². The minimum atomic E-state index is -0.732. The lowest BCUT2D eigenvalue weighted by Gasteiger charge is -2.25. The van der Waals surface area contributed by atoms with Gasteiger partial charge in [-0.05, 0) is 19.5 Å². The number of rotatable bonds is 4. The zero-order chi connectivity index (χ0) is 9.02. The maximum atomic E-state index is 10.7. The van der Waals surface area contributed by atoms with E-state index in [9.17, 15) is 4.79 Å². The van der Waals surface area contributed by atoms with Crippen molar-refractivity contribution in [3.8, 4) is 0 Å². The molecule has 0 saturated carbocycles. The molecule has 0 radical (unpaired) electrons. The van der Waals surface area contributed by atoms with Gasteiger partial charge in [0.15, 0.2) is 0 Å². The lowest BCUT2D eigenvalue weighted by atomic mass is 10.0. The summed E-state index contributed by atoms with van der Waals surface area (Å²) < 4.78 is 0. The first-order valence-electron chi connectivity index (χ1n) is 3.93. The van der Waals surface area contributed by atoms with Crippen LogP contribution < -0.4 is 0 Å². The van der Waals surface area contributed by atoms with Crippen LogP contribution in [0.5, 0.6) is 0 Å². The van der Waals surface area contributed by atoms with Crippen molar-refractivity contribution in [3.05, 3.63) is 0 Å². The maximum absolute atomic E-state index is 10.7. The van der Waals surface area contributed by atoms with Crippen LogP contribution in [0.4, 0.5) is 0 Å². The van der Waals surface area contributed by atoms with Crippen LogP contribution in [0, 0.1) is 5.92 Å². The van der Waals surface area contributed by atoms with E-state index in [0.717, 1.165) is 6.54 Å². The van der Waals surface area contributed by atoms with Gasteiger partial charge in [-0.2, -0.15) is 0 Å². The van der Waals surface area contributed by atoms with Gasteiger partial charge in [-0.25, -0.2) is 0 Å². The molecule has 0 aliphatic carbocycles. The van der Waals surface area contributed by atoms with Crippen LogP contribution in [-0.4, -0.2) is 35.6 Å². The van der Waals surface area contributed by atoms with Crippen LogP contribution >= 0.6 is 0 Å². The summed E-state index contributed by atoms with van der Waals surface area (Å²) in [5, 5.41) is 8.80. The highest BCUT2D eigenvalue weighted by Gasteiger charge is 2.24. The summed E-state index contributed by atoms with van der Waals surface area (Å²) >= 11 is 0. The molecular weight excluding hydrogens is 142 g/mol. The normalized spacial score (nSPS) is 14.0. The van der Waals surface area contributed by atoms with Gasteiger partial charge in [0.1, 0.15) is 6.04 Å². The Bertz CT molecular complexity index is 134. The Kier molecular flexibility index (Phi) is 4.11. The second-order valence-corrected chi connectivity index (χ2v) is 3.10. The zero-order valence-electron chi connectivity index (χ0n) is 7.66. The molecule has 0 amide bonds. The average Bonchev–Trinajstić information content (AvgIpc) is 1.85.